The van der Waals surface area contributed by atoms with Crippen LogP contribution in [0.3, 0.4) is 0 Å². The van der Waals surface area contributed by atoms with Crippen LogP contribution in [0.15, 0.2) is 72.0 Å². The number of aromatic nitrogens is 2. The van der Waals surface area contributed by atoms with Crippen LogP contribution >= 0.6 is 0 Å². The van der Waals surface area contributed by atoms with Gasteiger partial charge in [-0.15, -0.1) is 0 Å². The third-order valence-corrected chi connectivity index (χ3v) is 5.02. The molecule has 0 bridgehead atoms. The molecular formula is C18H13F3N4O3S. The van der Waals surface area contributed by atoms with E-state index in [4.69, 9.17) is 0 Å². The Morgan fingerprint density at radius 3 is 2.38 bits per heavy atom. The van der Waals surface area contributed by atoms with Crippen molar-refractivity contribution in [2.45, 2.75) is 11.1 Å². The Kier molecular flexibility index (Phi) is 5.50. The summed E-state index contributed by atoms with van der Waals surface area (Å²) in [7, 11) is -4.20. The number of anilines is 2. The van der Waals surface area contributed by atoms with Crippen molar-refractivity contribution in [1.29, 1.82) is 0 Å². The van der Waals surface area contributed by atoms with E-state index >= 15 is 0 Å². The number of alkyl halides is 3. The molecule has 1 aromatic heterocycles. The second-order valence-electron chi connectivity index (χ2n) is 5.76. The molecule has 0 aliphatic rings. The molecule has 29 heavy (non-hydrogen) atoms. The number of nitrogens with zero attached hydrogens (tertiary/aromatic N) is 2. The van der Waals surface area contributed by atoms with E-state index in [0.717, 1.165) is 12.1 Å². The number of sulfonamides is 1. The molecule has 11 heteroatoms. The fourth-order valence-electron chi connectivity index (χ4n) is 2.33. The summed E-state index contributed by atoms with van der Waals surface area (Å²) in [4.78, 5) is 19.5. The summed E-state index contributed by atoms with van der Waals surface area (Å²) in [5, 5.41) is 2.48. The van der Waals surface area contributed by atoms with Crippen molar-refractivity contribution in [3.63, 3.8) is 0 Å². The SMILES string of the molecule is O=C(Nc1cccc(S(=O)(=O)Nc2cccc(C(F)(F)F)c2)c1)c1cnccn1. The zero-order valence-electron chi connectivity index (χ0n) is 14.5. The first-order valence-electron chi connectivity index (χ1n) is 8.03. The van der Waals surface area contributed by atoms with Crippen molar-refractivity contribution in [1.82, 2.24) is 9.97 Å². The summed E-state index contributed by atoms with van der Waals surface area (Å²) in [6, 6.07) is 9.07. The van der Waals surface area contributed by atoms with Crippen LogP contribution in [0, 0.1) is 0 Å². The standard InChI is InChI=1S/C18H13F3N4O3S/c19-18(20,21)12-3-1-5-14(9-12)25-29(27,28)15-6-2-4-13(10-15)24-17(26)16-11-22-7-8-23-16/h1-11,25H,(H,24,26). The molecule has 0 aliphatic heterocycles. The zero-order valence-corrected chi connectivity index (χ0v) is 15.3. The van der Waals surface area contributed by atoms with Gasteiger partial charge in [0.1, 0.15) is 5.69 Å². The summed E-state index contributed by atoms with van der Waals surface area (Å²) in [6.45, 7) is 0. The second kappa shape index (κ2) is 7.87. The van der Waals surface area contributed by atoms with Crippen LogP contribution in [-0.4, -0.2) is 24.3 Å². The van der Waals surface area contributed by atoms with Crippen molar-refractivity contribution in [3.05, 3.63) is 78.4 Å². The Bertz CT molecular complexity index is 1140. The topological polar surface area (TPSA) is 101 Å². The number of carbonyl (C=O) groups is 1. The van der Waals surface area contributed by atoms with Gasteiger partial charge in [-0.3, -0.25) is 14.5 Å². The minimum absolute atomic E-state index is 0.0304. The van der Waals surface area contributed by atoms with Crippen molar-refractivity contribution >= 4 is 27.3 Å². The maximum absolute atomic E-state index is 12.8. The molecule has 0 saturated carbocycles. The van der Waals surface area contributed by atoms with Gasteiger partial charge in [0.15, 0.2) is 0 Å². The third-order valence-electron chi connectivity index (χ3n) is 3.64. The van der Waals surface area contributed by atoms with Gasteiger partial charge in [-0.1, -0.05) is 12.1 Å². The fraction of sp³-hybridized carbons (Fsp3) is 0.0556. The molecule has 1 amide bonds. The lowest BCUT2D eigenvalue weighted by molar-refractivity contribution is -0.137. The van der Waals surface area contributed by atoms with Crippen LogP contribution in [0.1, 0.15) is 16.1 Å². The van der Waals surface area contributed by atoms with E-state index in [1.165, 1.54) is 48.9 Å². The molecule has 0 spiro atoms. The second-order valence-corrected chi connectivity index (χ2v) is 7.44. The Labute approximate surface area is 163 Å². The van der Waals surface area contributed by atoms with Gasteiger partial charge in [-0.25, -0.2) is 13.4 Å². The highest BCUT2D eigenvalue weighted by Gasteiger charge is 2.30. The van der Waals surface area contributed by atoms with E-state index in [9.17, 15) is 26.4 Å². The summed E-state index contributed by atoms with van der Waals surface area (Å²) < 4.78 is 65.6. The Balaban J connectivity index is 1.81. The molecule has 3 rings (SSSR count). The van der Waals surface area contributed by atoms with Crippen molar-refractivity contribution in [2.24, 2.45) is 0 Å². The lowest BCUT2D eigenvalue weighted by Crippen LogP contribution is -2.16. The van der Waals surface area contributed by atoms with Gasteiger partial charge in [-0.05, 0) is 36.4 Å². The van der Waals surface area contributed by atoms with Gasteiger partial charge in [0.05, 0.1) is 16.7 Å². The molecule has 0 radical (unpaired) electrons. The normalized spacial score (nSPS) is 11.7. The van der Waals surface area contributed by atoms with E-state index in [-0.39, 0.29) is 22.0 Å². The summed E-state index contributed by atoms with van der Waals surface area (Å²) in [5.41, 5.74) is -1.04. The molecule has 150 valence electrons. The minimum atomic E-state index is -4.61. The van der Waals surface area contributed by atoms with Gasteiger partial charge in [0, 0.05) is 23.8 Å². The van der Waals surface area contributed by atoms with E-state index in [0.29, 0.717) is 6.07 Å². The minimum Gasteiger partial charge on any atom is -0.321 e. The monoisotopic (exact) mass is 422 g/mol. The zero-order chi connectivity index (χ0) is 21.1. The van der Waals surface area contributed by atoms with Gasteiger partial charge in [0.25, 0.3) is 15.9 Å². The van der Waals surface area contributed by atoms with Crippen LogP contribution in [0.5, 0.6) is 0 Å². The lowest BCUT2D eigenvalue weighted by atomic mass is 10.2. The van der Waals surface area contributed by atoms with E-state index in [1.807, 2.05) is 0 Å². The van der Waals surface area contributed by atoms with E-state index < -0.39 is 27.7 Å². The number of amides is 1. The molecule has 0 saturated heterocycles. The number of benzene rings is 2. The van der Waals surface area contributed by atoms with Crippen LogP contribution in [0.25, 0.3) is 0 Å². The number of carbonyl (C=O) groups excluding carboxylic acids is 1. The van der Waals surface area contributed by atoms with Crippen LogP contribution < -0.4 is 10.0 Å². The molecule has 1 heterocycles. The van der Waals surface area contributed by atoms with Gasteiger partial charge >= 0.3 is 6.18 Å². The highest BCUT2D eigenvalue weighted by molar-refractivity contribution is 7.92. The summed E-state index contributed by atoms with van der Waals surface area (Å²) in [6.07, 6.45) is -0.644. The predicted octanol–water partition coefficient (Wildman–Crippen LogP) is 3.55. The summed E-state index contributed by atoms with van der Waals surface area (Å²) >= 11 is 0. The maximum Gasteiger partial charge on any atom is 0.416 e. The first-order chi connectivity index (χ1) is 13.6. The molecule has 2 aromatic carbocycles. The number of hydrogen-bond donors (Lipinski definition) is 2. The third kappa shape index (κ3) is 5.08. The van der Waals surface area contributed by atoms with Crippen LogP contribution in [-0.2, 0) is 16.2 Å². The lowest BCUT2D eigenvalue weighted by Gasteiger charge is -2.12. The average molecular weight is 422 g/mol. The number of rotatable bonds is 5. The number of hydrogen-bond acceptors (Lipinski definition) is 5. The molecule has 0 unspecified atom stereocenters. The molecule has 7 nitrogen and oxygen atoms in total. The number of nitrogens with one attached hydrogen (secondary N) is 2. The van der Waals surface area contributed by atoms with Crippen LogP contribution in [0.4, 0.5) is 24.5 Å². The Morgan fingerprint density at radius 1 is 0.966 bits per heavy atom. The van der Waals surface area contributed by atoms with Crippen molar-refractivity contribution in [3.8, 4) is 0 Å². The van der Waals surface area contributed by atoms with E-state index in [1.54, 1.807) is 0 Å². The highest BCUT2D eigenvalue weighted by Crippen LogP contribution is 2.31. The molecule has 0 aliphatic carbocycles. The van der Waals surface area contributed by atoms with Gasteiger partial charge in [0.2, 0.25) is 0 Å². The molecule has 0 fully saturated rings. The fourth-order valence-corrected chi connectivity index (χ4v) is 3.42. The Morgan fingerprint density at radius 2 is 1.69 bits per heavy atom. The average Bonchev–Trinajstić information content (AvgIpc) is 2.68. The summed E-state index contributed by atoms with van der Waals surface area (Å²) in [5.74, 6) is -0.599. The van der Waals surface area contributed by atoms with Gasteiger partial charge in [-0.2, -0.15) is 13.2 Å². The number of halogens is 3. The van der Waals surface area contributed by atoms with E-state index in [2.05, 4.69) is 20.0 Å². The largest absolute Gasteiger partial charge is 0.416 e. The highest BCUT2D eigenvalue weighted by atomic mass is 32.2. The molecular weight excluding hydrogens is 409 g/mol. The van der Waals surface area contributed by atoms with Crippen molar-refractivity contribution < 1.29 is 26.4 Å². The Hall–Kier alpha value is -3.47. The van der Waals surface area contributed by atoms with Crippen LogP contribution in [0.2, 0.25) is 0 Å². The van der Waals surface area contributed by atoms with Crippen molar-refractivity contribution in [2.75, 3.05) is 10.0 Å². The quantitative estimate of drug-likeness (QED) is 0.655. The molecule has 0 atom stereocenters. The first kappa shape index (κ1) is 20.3. The predicted molar refractivity (Wildman–Crippen MR) is 98.7 cm³/mol. The first-order valence-corrected chi connectivity index (χ1v) is 9.51. The maximum atomic E-state index is 12.8. The smallest absolute Gasteiger partial charge is 0.321 e. The van der Waals surface area contributed by atoms with Gasteiger partial charge < -0.3 is 5.32 Å². The molecule has 3 aromatic rings. The molecule has 2 N–H and O–H groups in total.